The molecule has 1 aliphatic rings. The number of aryl methyl sites for hydroxylation is 1. The van der Waals surface area contributed by atoms with Gasteiger partial charge in [0.2, 0.25) is 0 Å². The third-order valence-electron chi connectivity index (χ3n) is 4.08. The third kappa shape index (κ3) is 3.19. The number of aromatic nitrogens is 2. The van der Waals surface area contributed by atoms with E-state index in [1.54, 1.807) is 24.3 Å². The molecule has 6 nitrogen and oxygen atoms in total. The second-order valence-electron chi connectivity index (χ2n) is 5.58. The lowest BCUT2D eigenvalue weighted by molar-refractivity contribution is -0.124. The Balaban J connectivity index is 1.61. The number of hydrogen-bond acceptors (Lipinski definition) is 4. The number of ether oxygens (including phenoxy) is 1. The molecule has 3 rings (SSSR count). The smallest absolute Gasteiger partial charge is 0.258 e. The highest BCUT2D eigenvalue weighted by Gasteiger charge is 2.24. The number of carbonyl (C=O) groups excluding carboxylic acids is 1. The van der Waals surface area contributed by atoms with Gasteiger partial charge in [-0.2, -0.15) is 10.4 Å². The van der Waals surface area contributed by atoms with Crippen LogP contribution in [0.25, 0.3) is 0 Å². The second-order valence-corrected chi connectivity index (χ2v) is 5.58. The largest absolute Gasteiger partial charge is 0.482 e. The molecule has 0 saturated carbocycles. The molecule has 1 N–H and O–H groups in total. The third-order valence-corrected chi connectivity index (χ3v) is 4.08. The van der Waals surface area contributed by atoms with Crippen molar-refractivity contribution in [1.29, 1.82) is 5.26 Å². The number of benzene rings is 1. The zero-order valence-corrected chi connectivity index (χ0v) is 13.0. The van der Waals surface area contributed by atoms with Gasteiger partial charge in [-0.15, -0.1) is 0 Å². The van der Waals surface area contributed by atoms with Crippen LogP contribution >= 0.6 is 0 Å². The van der Waals surface area contributed by atoms with Gasteiger partial charge >= 0.3 is 0 Å². The molecular weight excluding hydrogens is 292 g/mol. The molecule has 23 heavy (non-hydrogen) atoms. The number of nitrogens with zero attached hydrogens (tertiary/aromatic N) is 3. The van der Waals surface area contributed by atoms with Crippen molar-refractivity contribution in [3.8, 4) is 11.8 Å². The van der Waals surface area contributed by atoms with Gasteiger partial charge in [0.1, 0.15) is 11.8 Å². The monoisotopic (exact) mass is 310 g/mol. The Morgan fingerprint density at radius 3 is 3.17 bits per heavy atom. The number of nitriles is 1. The van der Waals surface area contributed by atoms with Crippen molar-refractivity contribution in [3.05, 3.63) is 47.3 Å². The van der Waals surface area contributed by atoms with E-state index < -0.39 is 0 Å². The predicted octanol–water partition coefficient (Wildman–Crippen LogP) is 1.86. The summed E-state index contributed by atoms with van der Waals surface area (Å²) in [5, 5.41) is 16.3. The predicted molar refractivity (Wildman–Crippen MR) is 83.7 cm³/mol. The van der Waals surface area contributed by atoms with Crippen molar-refractivity contribution >= 4 is 5.91 Å². The molecule has 1 heterocycles. The molecule has 118 valence electrons. The number of para-hydroxylation sites is 1. The number of fused-ring (bicyclic) bond motifs is 1. The Bertz CT molecular complexity index is 760. The minimum absolute atomic E-state index is 0.0187. The Morgan fingerprint density at radius 2 is 2.35 bits per heavy atom. The summed E-state index contributed by atoms with van der Waals surface area (Å²) in [6, 6.07) is 8.92. The highest BCUT2D eigenvalue weighted by Crippen LogP contribution is 2.29. The molecule has 0 spiro atoms. The highest BCUT2D eigenvalue weighted by molar-refractivity contribution is 5.78. The Morgan fingerprint density at radius 1 is 1.52 bits per heavy atom. The number of hydrogen-bond donors (Lipinski definition) is 1. The molecule has 1 amide bonds. The van der Waals surface area contributed by atoms with E-state index in [9.17, 15) is 4.79 Å². The summed E-state index contributed by atoms with van der Waals surface area (Å²) in [6.07, 6.45) is 4.74. The fourth-order valence-electron chi connectivity index (χ4n) is 2.92. The summed E-state index contributed by atoms with van der Waals surface area (Å²) < 4.78 is 7.34. The van der Waals surface area contributed by atoms with E-state index in [1.807, 2.05) is 24.0 Å². The summed E-state index contributed by atoms with van der Waals surface area (Å²) in [4.78, 5) is 12.2. The molecule has 1 atom stereocenters. The first kappa shape index (κ1) is 15.1. The maximum Gasteiger partial charge on any atom is 0.258 e. The maximum atomic E-state index is 12.2. The van der Waals surface area contributed by atoms with E-state index in [4.69, 9.17) is 10.00 Å². The van der Waals surface area contributed by atoms with Crippen LogP contribution in [-0.4, -0.2) is 22.3 Å². The fraction of sp³-hybridized carbons (Fsp3) is 0.353. The fourth-order valence-corrected chi connectivity index (χ4v) is 2.92. The molecule has 0 unspecified atom stereocenters. The Hall–Kier alpha value is -2.81. The van der Waals surface area contributed by atoms with Crippen LogP contribution in [0.3, 0.4) is 0 Å². The van der Waals surface area contributed by atoms with Gasteiger partial charge in [-0.05, 0) is 31.4 Å². The van der Waals surface area contributed by atoms with Gasteiger partial charge in [0.15, 0.2) is 6.61 Å². The maximum absolute atomic E-state index is 12.2. The van der Waals surface area contributed by atoms with E-state index in [-0.39, 0.29) is 18.6 Å². The molecule has 0 fully saturated rings. The first-order valence-electron chi connectivity index (χ1n) is 7.61. The standard InChI is InChI=1S/C17H18N4O2/c1-21-15-7-4-6-14(13(15)10-19-21)20-17(22)11-23-16-8-3-2-5-12(16)9-18/h2-3,5,8,10,14H,4,6-7,11H2,1H3,(H,20,22)/t14-/m0/s1. The molecule has 1 aromatic heterocycles. The van der Waals surface area contributed by atoms with Crippen LogP contribution in [0.1, 0.15) is 35.7 Å². The van der Waals surface area contributed by atoms with Gasteiger partial charge in [0, 0.05) is 18.3 Å². The lowest BCUT2D eigenvalue weighted by Crippen LogP contribution is -2.34. The zero-order valence-electron chi connectivity index (χ0n) is 13.0. The van der Waals surface area contributed by atoms with Gasteiger partial charge in [-0.1, -0.05) is 12.1 Å². The van der Waals surface area contributed by atoms with Crippen LogP contribution < -0.4 is 10.1 Å². The van der Waals surface area contributed by atoms with Crippen molar-refractivity contribution < 1.29 is 9.53 Å². The number of nitrogens with one attached hydrogen (secondary N) is 1. The van der Waals surface area contributed by atoms with Crippen LogP contribution in [0.15, 0.2) is 30.5 Å². The second kappa shape index (κ2) is 6.53. The van der Waals surface area contributed by atoms with Crippen molar-refractivity contribution in [2.24, 2.45) is 7.05 Å². The quantitative estimate of drug-likeness (QED) is 0.935. The molecule has 0 bridgehead atoms. The minimum Gasteiger partial charge on any atom is -0.482 e. The SMILES string of the molecule is Cn1ncc2c1CCC[C@@H]2NC(=O)COc1ccccc1C#N. The van der Waals surface area contributed by atoms with E-state index in [2.05, 4.69) is 10.4 Å². The molecule has 2 aromatic rings. The summed E-state index contributed by atoms with van der Waals surface area (Å²) in [6.45, 7) is -0.106. The van der Waals surface area contributed by atoms with Crippen LogP contribution in [-0.2, 0) is 18.3 Å². The molecule has 6 heteroatoms. The van der Waals surface area contributed by atoms with Crippen LogP contribution in [0.5, 0.6) is 5.75 Å². The normalized spacial score (nSPS) is 16.3. The molecular formula is C17H18N4O2. The van der Waals surface area contributed by atoms with E-state index in [0.29, 0.717) is 11.3 Å². The topological polar surface area (TPSA) is 79.9 Å². The highest BCUT2D eigenvalue weighted by atomic mass is 16.5. The van der Waals surface area contributed by atoms with Crippen molar-refractivity contribution in [2.45, 2.75) is 25.3 Å². The molecule has 0 saturated heterocycles. The lowest BCUT2D eigenvalue weighted by atomic mass is 9.93. The van der Waals surface area contributed by atoms with Gasteiger partial charge in [-0.3, -0.25) is 9.48 Å². The lowest BCUT2D eigenvalue weighted by Gasteiger charge is -2.23. The van der Waals surface area contributed by atoms with Gasteiger partial charge in [0.25, 0.3) is 5.91 Å². The van der Waals surface area contributed by atoms with Gasteiger partial charge in [0.05, 0.1) is 17.8 Å². The molecule has 1 aromatic carbocycles. The average molecular weight is 310 g/mol. The number of amides is 1. The van der Waals surface area contributed by atoms with Crippen LogP contribution in [0, 0.1) is 11.3 Å². The van der Waals surface area contributed by atoms with Crippen molar-refractivity contribution in [3.63, 3.8) is 0 Å². The number of carbonyl (C=O) groups is 1. The van der Waals surface area contributed by atoms with Crippen molar-refractivity contribution in [2.75, 3.05) is 6.61 Å². The first-order valence-corrected chi connectivity index (χ1v) is 7.61. The zero-order chi connectivity index (χ0) is 16.2. The molecule has 0 radical (unpaired) electrons. The van der Waals surface area contributed by atoms with Crippen molar-refractivity contribution in [1.82, 2.24) is 15.1 Å². The Labute approximate surface area is 134 Å². The van der Waals surface area contributed by atoms with Crippen LogP contribution in [0.4, 0.5) is 0 Å². The average Bonchev–Trinajstić information content (AvgIpc) is 2.96. The van der Waals surface area contributed by atoms with E-state index >= 15 is 0 Å². The summed E-state index contributed by atoms with van der Waals surface area (Å²) >= 11 is 0. The summed E-state index contributed by atoms with van der Waals surface area (Å²) in [5.41, 5.74) is 2.69. The minimum atomic E-state index is -0.195. The number of rotatable bonds is 4. The molecule has 0 aliphatic heterocycles. The first-order chi connectivity index (χ1) is 11.2. The van der Waals surface area contributed by atoms with Gasteiger partial charge < -0.3 is 10.1 Å². The van der Waals surface area contributed by atoms with E-state index in [0.717, 1.165) is 24.8 Å². The van der Waals surface area contributed by atoms with E-state index in [1.165, 1.54) is 5.69 Å². The molecule has 1 aliphatic carbocycles. The summed E-state index contributed by atoms with van der Waals surface area (Å²) in [5.74, 6) is 0.232. The van der Waals surface area contributed by atoms with Gasteiger partial charge in [-0.25, -0.2) is 0 Å². The summed E-state index contributed by atoms with van der Waals surface area (Å²) in [7, 11) is 1.92. The van der Waals surface area contributed by atoms with Crippen LogP contribution in [0.2, 0.25) is 0 Å². The Kier molecular flexibility index (Phi) is 4.29.